The van der Waals surface area contributed by atoms with E-state index in [4.69, 9.17) is 0 Å². The van der Waals surface area contributed by atoms with Crippen LogP contribution in [0.1, 0.15) is 13.3 Å². The van der Waals surface area contributed by atoms with E-state index in [2.05, 4.69) is 10.3 Å². The van der Waals surface area contributed by atoms with Crippen LogP contribution >= 0.6 is 0 Å². The third kappa shape index (κ3) is 3.18. The van der Waals surface area contributed by atoms with E-state index in [-0.39, 0.29) is 5.83 Å². The van der Waals surface area contributed by atoms with Crippen LogP contribution in [0.3, 0.4) is 0 Å². The van der Waals surface area contributed by atoms with Gasteiger partial charge in [0.2, 0.25) is 0 Å². The average molecular weight is 195 g/mol. The minimum absolute atomic E-state index is 0.157. The molecule has 1 aliphatic rings. The Hall–Kier alpha value is -1.35. The summed E-state index contributed by atoms with van der Waals surface area (Å²) in [5.41, 5.74) is 4.21. The summed E-state index contributed by atoms with van der Waals surface area (Å²) in [6.07, 6.45) is 9.46. The number of allylic oxidation sites excluding steroid dienone is 7. The molecule has 0 radical (unpaired) electrons. The summed E-state index contributed by atoms with van der Waals surface area (Å²) in [6.45, 7) is 1.77. The summed E-state index contributed by atoms with van der Waals surface area (Å²) in [5, 5.41) is 0. The Labute approximate surface area is 83.4 Å². The van der Waals surface area contributed by atoms with E-state index in [0.717, 1.165) is 12.0 Å². The van der Waals surface area contributed by atoms with Gasteiger partial charge in [-0.1, -0.05) is 12.2 Å². The third-order valence-electron chi connectivity index (χ3n) is 1.93. The smallest absolute Gasteiger partial charge is 0.126 e. The number of rotatable bonds is 3. The van der Waals surface area contributed by atoms with Crippen molar-refractivity contribution in [1.82, 2.24) is 5.48 Å². The van der Waals surface area contributed by atoms with Gasteiger partial charge in [0.15, 0.2) is 0 Å². The van der Waals surface area contributed by atoms with Gasteiger partial charge in [0, 0.05) is 6.20 Å². The van der Waals surface area contributed by atoms with Gasteiger partial charge < -0.3 is 0 Å². The lowest BCUT2D eigenvalue weighted by Gasteiger charge is -2.06. The highest BCUT2D eigenvalue weighted by atomic mass is 19.1. The molecule has 0 atom stereocenters. The molecule has 0 aliphatic heterocycles. The minimum Gasteiger partial charge on any atom is -0.280 e. The molecule has 0 amide bonds. The van der Waals surface area contributed by atoms with Crippen LogP contribution in [0, 0.1) is 0 Å². The van der Waals surface area contributed by atoms with Crippen molar-refractivity contribution in [1.29, 1.82) is 0 Å². The summed E-state index contributed by atoms with van der Waals surface area (Å²) in [4.78, 5) is 4.60. The van der Waals surface area contributed by atoms with Crippen molar-refractivity contribution in [2.75, 3.05) is 7.11 Å². The van der Waals surface area contributed by atoms with E-state index < -0.39 is 0 Å². The molecule has 0 fully saturated rings. The quantitative estimate of drug-likeness (QED) is 0.699. The van der Waals surface area contributed by atoms with Crippen molar-refractivity contribution in [2.45, 2.75) is 13.3 Å². The first-order chi connectivity index (χ1) is 6.74. The second-order valence-corrected chi connectivity index (χ2v) is 3.01. The van der Waals surface area contributed by atoms with Gasteiger partial charge in [-0.15, -0.1) is 0 Å². The molecule has 76 valence electrons. The zero-order valence-corrected chi connectivity index (χ0v) is 8.38. The summed E-state index contributed by atoms with van der Waals surface area (Å²) in [6, 6.07) is 0. The molecular weight excluding hydrogens is 181 g/mol. The van der Waals surface area contributed by atoms with Gasteiger partial charge >= 0.3 is 0 Å². The van der Waals surface area contributed by atoms with Gasteiger partial charge in [-0.2, -0.15) is 0 Å². The lowest BCUT2D eigenvalue weighted by atomic mass is 10.0. The molecule has 0 spiro atoms. The number of hydrogen-bond donors (Lipinski definition) is 1. The lowest BCUT2D eigenvalue weighted by Crippen LogP contribution is -1.99. The van der Waals surface area contributed by atoms with Crippen LogP contribution in [-0.2, 0) is 4.84 Å². The van der Waals surface area contributed by atoms with E-state index in [1.165, 1.54) is 7.11 Å². The highest BCUT2D eigenvalue weighted by Crippen LogP contribution is 2.22. The van der Waals surface area contributed by atoms with Crippen molar-refractivity contribution in [2.24, 2.45) is 0 Å². The predicted octanol–water partition coefficient (Wildman–Crippen LogP) is 2.78. The molecule has 1 rings (SSSR count). The van der Waals surface area contributed by atoms with Crippen molar-refractivity contribution in [3.8, 4) is 0 Å². The zero-order valence-electron chi connectivity index (χ0n) is 8.38. The van der Waals surface area contributed by atoms with Gasteiger partial charge in [-0.25, -0.2) is 4.39 Å². The van der Waals surface area contributed by atoms with Crippen LogP contribution in [0.25, 0.3) is 0 Å². The normalized spacial score (nSPS) is 19.8. The van der Waals surface area contributed by atoms with Crippen LogP contribution in [0.4, 0.5) is 4.39 Å². The Bertz CT molecular complexity index is 313. The van der Waals surface area contributed by atoms with Crippen LogP contribution < -0.4 is 5.48 Å². The molecule has 0 bridgehead atoms. The molecule has 14 heavy (non-hydrogen) atoms. The molecule has 0 saturated carbocycles. The summed E-state index contributed by atoms with van der Waals surface area (Å²) >= 11 is 0. The maximum Gasteiger partial charge on any atom is 0.126 e. The molecule has 1 aliphatic carbocycles. The SMILES string of the molecule is CON/C=C\C=C1\C=C(F)C(C)=CC1. The second kappa shape index (κ2) is 5.40. The molecular formula is C11H14FNO. The van der Waals surface area contributed by atoms with Gasteiger partial charge in [0.25, 0.3) is 0 Å². The van der Waals surface area contributed by atoms with E-state index in [9.17, 15) is 4.39 Å². The Morgan fingerprint density at radius 1 is 1.57 bits per heavy atom. The Morgan fingerprint density at radius 3 is 3.00 bits per heavy atom. The molecule has 0 saturated heterocycles. The maximum absolute atomic E-state index is 13.1. The standard InChI is InChI=1S/C11H14FNO/c1-9-5-6-10(8-11(9)12)4-3-7-13-14-2/h3-5,7-8,13H,6H2,1-2H3/b7-3-,10-4+. The molecule has 0 aromatic rings. The van der Waals surface area contributed by atoms with Crippen molar-refractivity contribution in [3.05, 3.63) is 47.5 Å². The zero-order chi connectivity index (χ0) is 10.4. The average Bonchev–Trinajstić information content (AvgIpc) is 2.18. The van der Waals surface area contributed by atoms with Crippen LogP contribution in [0.15, 0.2) is 47.5 Å². The van der Waals surface area contributed by atoms with Crippen molar-refractivity contribution in [3.63, 3.8) is 0 Å². The third-order valence-corrected chi connectivity index (χ3v) is 1.93. The Kier molecular flexibility index (Phi) is 4.13. The summed E-state index contributed by atoms with van der Waals surface area (Å²) in [5.74, 6) is -0.157. The minimum atomic E-state index is -0.157. The maximum atomic E-state index is 13.1. The molecule has 0 aromatic heterocycles. The van der Waals surface area contributed by atoms with E-state index in [1.807, 2.05) is 12.2 Å². The highest BCUT2D eigenvalue weighted by molar-refractivity contribution is 5.39. The van der Waals surface area contributed by atoms with E-state index in [1.54, 1.807) is 25.3 Å². The first-order valence-electron chi connectivity index (χ1n) is 4.42. The fourth-order valence-corrected chi connectivity index (χ4v) is 1.10. The summed E-state index contributed by atoms with van der Waals surface area (Å²) in [7, 11) is 1.53. The number of halogens is 1. The second-order valence-electron chi connectivity index (χ2n) is 3.01. The van der Waals surface area contributed by atoms with Crippen LogP contribution in [0.2, 0.25) is 0 Å². The van der Waals surface area contributed by atoms with Gasteiger partial charge in [0.05, 0.1) is 7.11 Å². The Balaban J connectivity index is 2.56. The summed E-state index contributed by atoms with van der Waals surface area (Å²) < 4.78 is 13.1. The van der Waals surface area contributed by atoms with Gasteiger partial charge in [0.1, 0.15) is 5.83 Å². The number of hydroxylamine groups is 1. The molecule has 0 heterocycles. The molecule has 3 heteroatoms. The van der Waals surface area contributed by atoms with E-state index >= 15 is 0 Å². The topological polar surface area (TPSA) is 21.3 Å². The molecule has 0 aromatic carbocycles. The fourth-order valence-electron chi connectivity index (χ4n) is 1.10. The number of hydrogen-bond acceptors (Lipinski definition) is 2. The van der Waals surface area contributed by atoms with Crippen molar-refractivity contribution < 1.29 is 9.23 Å². The fraction of sp³-hybridized carbons (Fsp3) is 0.273. The first-order valence-corrected chi connectivity index (χ1v) is 4.42. The molecule has 2 nitrogen and oxygen atoms in total. The monoisotopic (exact) mass is 195 g/mol. The predicted molar refractivity (Wildman–Crippen MR) is 54.9 cm³/mol. The first kappa shape index (κ1) is 10.7. The van der Waals surface area contributed by atoms with Gasteiger partial charge in [-0.3, -0.25) is 10.3 Å². The molecule has 1 N–H and O–H groups in total. The largest absolute Gasteiger partial charge is 0.280 e. The van der Waals surface area contributed by atoms with Gasteiger partial charge in [-0.05, 0) is 36.6 Å². The van der Waals surface area contributed by atoms with Crippen LogP contribution in [-0.4, -0.2) is 7.11 Å². The number of nitrogens with one attached hydrogen (secondary N) is 1. The molecule has 0 unspecified atom stereocenters. The van der Waals surface area contributed by atoms with Crippen molar-refractivity contribution >= 4 is 0 Å². The van der Waals surface area contributed by atoms with E-state index in [0.29, 0.717) is 5.57 Å². The Morgan fingerprint density at radius 2 is 2.36 bits per heavy atom. The lowest BCUT2D eigenvalue weighted by molar-refractivity contribution is 0.128. The van der Waals surface area contributed by atoms with Crippen LogP contribution in [0.5, 0.6) is 0 Å². The highest BCUT2D eigenvalue weighted by Gasteiger charge is 2.05.